The first-order valence-electron chi connectivity index (χ1n) is 6.72. The molecule has 0 bridgehead atoms. The van der Waals surface area contributed by atoms with Crippen LogP contribution in [0.15, 0.2) is 41.9 Å². The van der Waals surface area contributed by atoms with Crippen LogP contribution in [0, 0.1) is 0 Å². The Morgan fingerprint density at radius 1 is 1.30 bits per heavy atom. The summed E-state index contributed by atoms with van der Waals surface area (Å²) < 4.78 is 8.52. The lowest BCUT2D eigenvalue weighted by Gasteiger charge is -2.25. The molecule has 4 rings (SSSR count). The molecule has 1 saturated heterocycles. The molecule has 1 N–H and O–H groups in total. The minimum Gasteiger partial charge on any atom is -0.377 e. The molecule has 0 spiro atoms. The fourth-order valence-electron chi connectivity index (χ4n) is 2.39. The summed E-state index contributed by atoms with van der Waals surface area (Å²) in [6.07, 6.45) is 2.02. The SMILES string of the molecule is c1cc(CNc2ccn(C3COC3)n2)c2sccc2c1. The van der Waals surface area contributed by atoms with Crippen molar-refractivity contribution in [3.8, 4) is 0 Å². The maximum absolute atomic E-state index is 5.19. The molecule has 0 atom stereocenters. The van der Waals surface area contributed by atoms with Gasteiger partial charge in [-0.1, -0.05) is 18.2 Å². The monoisotopic (exact) mass is 285 g/mol. The first kappa shape index (κ1) is 11.9. The van der Waals surface area contributed by atoms with E-state index in [0.29, 0.717) is 6.04 Å². The zero-order valence-electron chi connectivity index (χ0n) is 11.0. The molecule has 0 radical (unpaired) electrons. The Kier molecular flexibility index (Phi) is 2.94. The van der Waals surface area contributed by atoms with E-state index >= 15 is 0 Å². The molecule has 3 aromatic rings. The third kappa shape index (κ3) is 2.09. The van der Waals surface area contributed by atoms with E-state index in [1.165, 1.54) is 15.6 Å². The molecule has 0 unspecified atom stereocenters. The second-order valence-corrected chi connectivity index (χ2v) is 5.90. The molecular weight excluding hydrogens is 270 g/mol. The highest BCUT2D eigenvalue weighted by atomic mass is 32.1. The van der Waals surface area contributed by atoms with Crippen LogP contribution in [0.3, 0.4) is 0 Å². The predicted molar refractivity (Wildman–Crippen MR) is 81.2 cm³/mol. The number of nitrogens with one attached hydrogen (secondary N) is 1. The lowest BCUT2D eigenvalue weighted by molar-refractivity contribution is -0.0285. The second kappa shape index (κ2) is 4.92. The largest absolute Gasteiger partial charge is 0.377 e. The number of aromatic nitrogens is 2. The number of benzene rings is 1. The van der Waals surface area contributed by atoms with Gasteiger partial charge in [0.05, 0.1) is 19.3 Å². The van der Waals surface area contributed by atoms with E-state index in [0.717, 1.165) is 25.6 Å². The van der Waals surface area contributed by atoms with Gasteiger partial charge in [-0.2, -0.15) is 5.10 Å². The highest BCUT2D eigenvalue weighted by molar-refractivity contribution is 7.17. The smallest absolute Gasteiger partial charge is 0.148 e. The quantitative estimate of drug-likeness (QED) is 0.799. The van der Waals surface area contributed by atoms with Gasteiger partial charge in [-0.15, -0.1) is 11.3 Å². The molecule has 0 aliphatic carbocycles. The first-order valence-corrected chi connectivity index (χ1v) is 7.60. The van der Waals surface area contributed by atoms with Gasteiger partial charge in [0, 0.05) is 23.5 Å². The van der Waals surface area contributed by atoms with Gasteiger partial charge in [0.15, 0.2) is 0 Å². The van der Waals surface area contributed by atoms with E-state index in [-0.39, 0.29) is 0 Å². The average molecular weight is 285 g/mol. The van der Waals surface area contributed by atoms with Crippen molar-refractivity contribution in [3.05, 3.63) is 47.5 Å². The van der Waals surface area contributed by atoms with Crippen molar-refractivity contribution in [1.82, 2.24) is 9.78 Å². The summed E-state index contributed by atoms with van der Waals surface area (Å²) in [5.74, 6) is 0.922. The minimum absolute atomic E-state index is 0.409. The van der Waals surface area contributed by atoms with Gasteiger partial charge >= 0.3 is 0 Å². The van der Waals surface area contributed by atoms with Crippen LogP contribution in [-0.4, -0.2) is 23.0 Å². The van der Waals surface area contributed by atoms with Gasteiger partial charge in [-0.25, -0.2) is 0 Å². The summed E-state index contributed by atoms with van der Waals surface area (Å²) in [7, 11) is 0. The number of anilines is 1. The lowest BCUT2D eigenvalue weighted by Crippen LogP contribution is -2.30. The van der Waals surface area contributed by atoms with E-state index < -0.39 is 0 Å². The molecule has 0 amide bonds. The van der Waals surface area contributed by atoms with Gasteiger partial charge in [0.25, 0.3) is 0 Å². The van der Waals surface area contributed by atoms with Gasteiger partial charge in [0.1, 0.15) is 5.82 Å². The van der Waals surface area contributed by atoms with Gasteiger partial charge in [-0.05, 0) is 22.4 Å². The number of nitrogens with zero attached hydrogens (tertiary/aromatic N) is 2. The Morgan fingerprint density at radius 3 is 3.10 bits per heavy atom. The van der Waals surface area contributed by atoms with Crippen molar-refractivity contribution in [3.63, 3.8) is 0 Å². The zero-order valence-corrected chi connectivity index (χ0v) is 11.8. The number of rotatable bonds is 4. The van der Waals surface area contributed by atoms with Crippen molar-refractivity contribution in [2.24, 2.45) is 0 Å². The van der Waals surface area contributed by atoms with Gasteiger partial charge < -0.3 is 10.1 Å². The zero-order chi connectivity index (χ0) is 13.4. The Bertz CT molecular complexity index is 729. The fourth-order valence-corrected chi connectivity index (χ4v) is 3.31. The molecule has 20 heavy (non-hydrogen) atoms. The van der Waals surface area contributed by atoms with Crippen LogP contribution >= 0.6 is 11.3 Å². The second-order valence-electron chi connectivity index (χ2n) is 4.98. The van der Waals surface area contributed by atoms with Crippen LogP contribution in [-0.2, 0) is 11.3 Å². The Balaban J connectivity index is 1.49. The summed E-state index contributed by atoms with van der Waals surface area (Å²) in [6, 6.07) is 11.0. The van der Waals surface area contributed by atoms with E-state index in [9.17, 15) is 0 Å². The van der Waals surface area contributed by atoms with Crippen molar-refractivity contribution in [1.29, 1.82) is 0 Å². The number of hydrogen-bond donors (Lipinski definition) is 1. The molecule has 1 aromatic carbocycles. The van der Waals surface area contributed by atoms with Crippen molar-refractivity contribution >= 4 is 27.2 Å². The van der Waals surface area contributed by atoms with Crippen molar-refractivity contribution in [2.45, 2.75) is 12.6 Å². The highest BCUT2D eigenvalue weighted by Crippen LogP contribution is 2.25. The Morgan fingerprint density at radius 2 is 2.25 bits per heavy atom. The third-order valence-corrected chi connectivity index (χ3v) is 4.63. The molecule has 5 heteroatoms. The lowest BCUT2D eigenvalue weighted by atomic mass is 10.1. The predicted octanol–water partition coefficient (Wildman–Crippen LogP) is 3.28. The van der Waals surface area contributed by atoms with E-state index in [4.69, 9.17) is 4.74 Å². The van der Waals surface area contributed by atoms with Crippen LogP contribution < -0.4 is 5.32 Å². The number of fused-ring (bicyclic) bond motifs is 1. The number of ether oxygens (including phenoxy) is 1. The number of hydrogen-bond acceptors (Lipinski definition) is 4. The topological polar surface area (TPSA) is 39.1 Å². The molecule has 4 nitrogen and oxygen atoms in total. The van der Waals surface area contributed by atoms with Crippen molar-refractivity contribution < 1.29 is 4.74 Å². The molecule has 1 aliphatic heterocycles. The maximum Gasteiger partial charge on any atom is 0.148 e. The van der Waals surface area contributed by atoms with Crippen LogP contribution in [0.1, 0.15) is 11.6 Å². The number of thiophene rings is 1. The summed E-state index contributed by atoms with van der Waals surface area (Å²) in [5, 5.41) is 11.4. The maximum atomic E-state index is 5.19. The molecule has 102 valence electrons. The molecule has 1 fully saturated rings. The summed E-state index contributed by atoms with van der Waals surface area (Å²) >= 11 is 1.79. The summed E-state index contributed by atoms with van der Waals surface area (Å²) in [5.41, 5.74) is 1.32. The van der Waals surface area contributed by atoms with Crippen LogP contribution in [0.25, 0.3) is 10.1 Å². The highest BCUT2D eigenvalue weighted by Gasteiger charge is 2.20. The van der Waals surface area contributed by atoms with E-state index in [2.05, 4.69) is 40.1 Å². The summed E-state index contributed by atoms with van der Waals surface area (Å²) in [4.78, 5) is 0. The summed E-state index contributed by atoms with van der Waals surface area (Å²) in [6.45, 7) is 2.35. The molecule has 2 aromatic heterocycles. The Labute approximate surface area is 121 Å². The Hall–Kier alpha value is -1.85. The van der Waals surface area contributed by atoms with Crippen LogP contribution in [0.4, 0.5) is 5.82 Å². The molecular formula is C15H15N3OS. The molecule has 1 aliphatic rings. The third-order valence-electron chi connectivity index (χ3n) is 3.62. The van der Waals surface area contributed by atoms with Crippen LogP contribution in [0.5, 0.6) is 0 Å². The standard InChI is InChI=1S/C15H15N3OS/c1-2-11-5-7-20-15(11)12(3-1)8-16-14-4-6-18(17-14)13-9-19-10-13/h1-7,13H,8-10H2,(H,16,17). The first-order chi connectivity index (χ1) is 9.90. The van der Waals surface area contributed by atoms with Crippen LogP contribution in [0.2, 0.25) is 0 Å². The van der Waals surface area contributed by atoms with Gasteiger partial charge in [-0.3, -0.25) is 4.68 Å². The normalized spacial score (nSPS) is 15.4. The average Bonchev–Trinajstić information content (AvgIpc) is 3.03. The van der Waals surface area contributed by atoms with Gasteiger partial charge in [0.2, 0.25) is 0 Å². The molecule has 3 heterocycles. The van der Waals surface area contributed by atoms with E-state index in [1.54, 1.807) is 11.3 Å². The molecule has 0 saturated carbocycles. The van der Waals surface area contributed by atoms with Crippen molar-refractivity contribution in [2.75, 3.05) is 18.5 Å². The fraction of sp³-hybridized carbons (Fsp3) is 0.267. The minimum atomic E-state index is 0.409. The van der Waals surface area contributed by atoms with E-state index in [1.807, 2.05) is 16.9 Å².